The second kappa shape index (κ2) is 12.9. The maximum atomic E-state index is 11.3. The molecule has 0 fully saturated rings. The Morgan fingerprint density at radius 2 is 2.12 bits per heavy atom. The van der Waals surface area contributed by atoms with Crippen LogP contribution in [-0.4, -0.2) is 58.3 Å². The van der Waals surface area contributed by atoms with Crippen molar-refractivity contribution < 1.29 is 8.42 Å². The van der Waals surface area contributed by atoms with E-state index in [1.165, 1.54) is 4.88 Å². The number of guanidine groups is 1. The van der Waals surface area contributed by atoms with E-state index in [-0.39, 0.29) is 29.7 Å². The molecule has 0 aliphatic carbocycles. The van der Waals surface area contributed by atoms with Gasteiger partial charge >= 0.3 is 0 Å². The highest BCUT2D eigenvalue weighted by atomic mass is 127. The van der Waals surface area contributed by atoms with Crippen molar-refractivity contribution in [1.29, 1.82) is 0 Å². The average Bonchev–Trinajstić information content (AvgIpc) is 3.04. The summed E-state index contributed by atoms with van der Waals surface area (Å²) in [6, 6.07) is 4.21. The fourth-order valence-electron chi connectivity index (χ4n) is 1.90. The highest BCUT2D eigenvalue weighted by Crippen LogP contribution is 2.09. The molecular weight excluding hydrogens is 459 g/mol. The Bertz CT molecular complexity index is 562. The first-order valence-electron chi connectivity index (χ1n) is 7.97. The van der Waals surface area contributed by atoms with E-state index in [0.717, 1.165) is 25.5 Å². The number of sulfonamides is 1. The van der Waals surface area contributed by atoms with Crippen molar-refractivity contribution in [2.24, 2.45) is 4.99 Å². The van der Waals surface area contributed by atoms with Crippen molar-refractivity contribution in [3.8, 4) is 0 Å². The van der Waals surface area contributed by atoms with Crippen LogP contribution in [-0.2, 0) is 16.4 Å². The molecular formula is C15H29IN4O2S2. The fraction of sp³-hybridized carbons (Fsp3) is 0.667. The molecule has 0 aliphatic rings. The minimum absolute atomic E-state index is 0. The van der Waals surface area contributed by atoms with Gasteiger partial charge in [0.1, 0.15) is 0 Å². The molecule has 9 heteroatoms. The Hall–Kier alpha value is -0.390. The fourth-order valence-corrected chi connectivity index (χ4v) is 3.26. The molecule has 0 saturated carbocycles. The van der Waals surface area contributed by atoms with Crippen LogP contribution in [0.25, 0.3) is 0 Å². The Morgan fingerprint density at radius 1 is 1.38 bits per heavy atom. The van der Waals surface area contributed by atoms with Gasteiger partial charge in [-0.1, -0.05) is 6.07 Å². The molecule has 0 atom stereocenters. The topological polar surface area (TPSA) is 73.8 Å². The number of nitrogens with zero attached hydrogens (tertiary/aromatic N) is 2. The second-order valence-electron chi connectivity index (χ2n) is 5.14. The molecule has 0 radical (unpaired) electrons. The first kappa shape index (κ1) is 23.6. The van der Waals surface area contributed by atoms with Gasteiger partial charge in [-0.25, -0.2) is 13.1 Å². The Labute approximate surface area is 167 Å². The van der Waals surface area contributed by atoms with E-state index in [2.05, 4.69) is 37.4 Å². The molecule has 0 saturated heterocycles. The summed E-state index contributed by atoms with van der Waals surface area (Å²) in [4.78, 5) is 8.03. The van der Waals surface area contributed by atoms with Crippen LogP contribution >= 0.6 is 35.3 Å². The number of hydrogen-bond donors (Lipinski definition) is 2. The van der Waals surface area contributed by atoms with E-state index < -0.39 is 10.0 Å². The summed E-state index contributed by atoms with van der Waals surface area (Å²) in [5, 5.41) is 5.36. The monoisotopic (exact) mass is 488 g/mol. The third-order valence-electron chi connectivity index (χ3n) is 3.27. The van der Waals surface area contributed by atoms with Crippen LogP contribution in [0.15, 0.2) is 22.5 Å². The third kappa shape index (κ3) is 9.80. The maximum absolute atomic E-state index is 11.3. The van der Waals surface area contributed by atoms with Gasteiger partial charge in [-0.3, -0.25) is 4.99 Å². The summed E-state index contributed by atoms with van der Waals surface area (Å²) in [6.45, 7) is 6.40. The molecule has 1 aromatic rings. The summed E-state index contributed by atoms with van der Waals surface area (Å²) in [5.41, 5.74) is 0. The predicted octanol–water partition coefficient (Wildman–Crippen LogP) is 2.14. The highest BCUT2D eigenvalue weighted by Gasteiger charge is 2.07. The molecule has 140 valence electrons. The summed E-state index contributed by atoms with van der Waals surface area (Å²) in [7, 11) is -1.08. The molecule has 0 aromatic carbocycles. The zero-order valence-corrected chi connectivity index (χ0v) is 18.6. The Kier molecular flexibility index (Phi) is 12.7. The van der Waals surface area contributed by atoms with E-state index in [4.69, 9.17) is 0 Å². The molecule has 1 rings (SSSR count). The van der Waals surface area contributed by atoms with Crippen LogP contribution in [0.3, 0.4) is 0 Å². The van der Waals surface area contributed by atoms with Crippen molar-refractivity contribution >= 4 is 51.3 Å². The van der Waals surface area contributed by atoms with Gasteiger partial charge in [-0.2, -0.15) is 0 Å². The first-order valence-corrected chi connectivity index (χ1v) is 10.5. The second-order valence-corrected chi connectivity index (χ2v) is 8.27. The van der Waals surface area contributed by atoms with E-state index in [1.54, 1.807) is 18.3 Å². The molecule has 24 heavy (non-hydrogen) atoms. The van der Waals surface area contributed by atoms with Gasteiger partial charge in [0.25, 0.3) is 0 Å². The number of aliphatic imine (C=N–C) groups is 1. The maximum Gasteiger partial charge on any atom is 0.211 e. The van der Waals surface area contributed by atoms with Gasteiger partial charge in [-0.15, -0.1) is 35.3 Å². The van der Waals surface area contributed by atoms with Gasteiger partial charge in [0.15, 0.2) is 5.96 Å². The summed E-state index contributed by atoms with van der Waals surface area (Å²) in [6.07, 6.45) is 1.68. The van der Waals surface area contributed by atoms with Crippen molar-refractivity contribution in [2.75, 3.05) is 39.0 Å². The van der Waals surface area contributed by atoms with Gasteiger partial charge in [0.2, 0.25) is 10.0 Å². The Morgan fingerprint density at radius 3 is 2.71 bits per heavy atom. The molecule has 1 heterocycles. The molecule has 0 amide bonds. The normalized spacial score (nSPS) is 11.9. The predicted molar refractivity (Wildman–Crippen MR) is 114 cm³/mol. The molecule has 0 bridgehead atoms. The SMILES string of the molecule is CCNC(=NCCCNS(=O)(=O)CC)N(C)CCc1cccs1.I. The first-order chi connectivity index (χ1) is 11.0. The van der Waals surface area contributed by atoms with Gasteiger partial charge in [-0.05, 0) is 38.1 Å². The molecule has 2 N–H and O–H groups in total. The lowest BCUT2D eigenvalue weighted by molar-refractivity contribution is 0.486. The number of thiophene rings is 1. The minimum Gasteiger partial charge on any atom is -0.357 e. The molecule has 1 aromatic heterocycles. The summed E-state index contributed by atoms with van der Waals surface area (Å²) >= 11 is 1.77. The van der Waals surface area contributed by atoms with Crippen molar-refractivity contribution in [2.45, 2.75) is 26.7 Å². The Balaban J connectivity index is 0.00000529. The molecule has 0 spiro atoms. The number of rotatable bonds is 10. The van der Waals surface area contributed by atoms with E-state index >= 15 is 0 Å². The number of nitrogens with one attached hydrogen (secondary N) is 2. The zero-order valence-electron chi connectivity index (χ0n) is 14.6. The van der Waals surface area contributed by atoms with Crippen LogP contribution in [0, 0.1) is 0 Å². The lowest BCUT2D eigenvalue weighted by atomic mass is 10.3. The lowest BCUT2D eigenvalue weighted by Crippen LogP contribution is -2.40. The van der Waals surface area contributed by atoms with Crippen molar-refractivity contribution in [1.82, 2.24) is 14.9 Å². The van der Waals surface area contributed by atoms with Crippen LogP contribution < -0.4 is 10.0 Å². The third-order valence-corrected chi connectivity index (χ3v) is 5.61. The average molecular weight is 488 g/mol. The van der Waals surface area contributed by atoms with E-state index in [1.807, 2.05) is 14.0 Å². The van der Waals surface area contributed by atoms with Crippen molar-refractivity contribution in [3.63, 3.8) is 0 Å². The van der Waals surface area contributed by atoms with Gasteiger partial charge in [0.05, 0.1) is 5.75 Å². The number of hydrogen-bond acceptors (Lipinski definition) is 4. The standard InChI is InChI=1S/C15H28N4O2S2.HI/c1-4-16-15(17-10-7-11-18-23(20,21)5-2)19(3)12-9-14-8-6-13-22-14;/h6,8,13,18H,4-5,7,9-12H2,1-3H3,(H,16,17);1H. The number of likely N-dealkylation sites (N-methyl/N-ethyl adjacent to an activating group) is 1. The van der Waals surface area contributed by atoms with Gasteiger partial charge in [0, 0.05) is 38.1 Å². The lowest BCUT2D eigenvalue weighted by Gasteiger charge is -2.21. The molecule has 6 nitrogen and oxygen atoms in total. The quantitative estimate of drug-likeness (QED) is 0.229. The van der Waals surface area contributed by atoms with E-state index in [0.29, 0.717) is 19.5 Å². The number of halogens is 1. The smallest absolute Gasteiger partial charge is 0.211 e. The van der Waals surface area contributed by atoms with E-state index in [9.17, 15) is 8.42 Å². The summed E-state index contributed by atoms with van der Waals surface area (Å²) < 4.78 is 25.2. The zero-order chi connectivity index (χ0) is 17.1. The molecule has 0 unspecified atom stereocenters. The van der Waals surface area contributed by atoms with Crippen molar-refractivity contribution in [3.05, 3.63) is 22.4 Å². The summed E-state index contributed by atoms with van der Waals surface area (Å²) in [5.74, 6) is 0.979. The van der Waals surface area contributed by atoms with Gasteiger partial charge < -0.3 is 10.2 Å². The highest BCUT2D eigenvalue weighted by molar-refractivity contribution is 14.0. The van der Waals surface area contributed by atoms with Crippen LogP contribution in [0.5, 0.6) is 0 Å². The van der Waals surface area contributed by atoms with Crippen LogP contribution in [0.4, 0.5) is 0 Å². The van der Waals surface area contributed by atoms with Crippen LogP contribution in [0.1, 0.15) is 25.1 Å². The largest absolute Gasteiger partial charge is 0.357 e. The minimum atomic E-state index is -3.10. The molecule has 0 aliphatic heterocycles. The van der Waals surface area contributed by atoms with Crippen LogP contribution in [0.2, 0.25) is 0 Å².